The summed E-state index contributed by atoms with van der Waals surface area (Å²) in [6.45, 7) is 0. The van der Waals surface area contributed by atoms with Crippen molar-refractivity contribution in [3.8, 4) is 0 Å². The summed E-state index contributed by atoms with van der Waals surface area (Å²) in [7, 11) is 0. The van der Waals surface area contributed by atoms with Crippen molar-refractivity contribution in [1.29, 1.82) is 4.38 Å². The van der Waals surface area contributed by atoms with E-state index in [2.05, 4.69) is 20.8 Å². The second-order valence-corrected chi connectivity index (χ2v) is 1.02. The number of hydrogen-bond donors (Lipinski definition) is 1. The molecule has 0 aliphatic rings. The summed E-state index contributed by atoms with van der Waals surface area (Å²) in [4.78, 5) is 3.78. The van der Waals surface area contributed by atoms with E-state index in [4.69, 9.17) is 4.38 Å². The second-order valence-electron chi connectivity index (χ2n) is 1.02. The third-order valence-electron chi connectivity index (χ3n) is 0.566. The third-order valence-corrected chi connectivity index (χ3v) is 0.566. The minimum absolute atomic E-state index is 1.75. The molecular formula is C5H6FeN2. The molecule has 0 aliphatic heterocycles. The van der Waals surface area contributed by atoms with Crippen LogP contribution in [0, 0.1) is 4.38 Å². The Labute approximate surface area is 56.4 Å². The van der Waals surface area contributed by atoms with Gasteiger partial charge in [-0.1, -0.05) is 6.07 Å². The van der Waals surface area contributed by atoms with Gasteiger partial charge >= 0.3 is 20.2 Å². The minimum atomic E-state index is 1.75. The summed E-state index contributed by atoms with van der Waals surface area (Å²) in [5, 5.41) is 0. The van der Waals surface area contributed by atoms with Gasteiger partial charge in [0.1, 0.15) is 0 Å². The molecule has 8 heavy (non-hydrogen) atoms. The predicted octanol–water partition coefficient (Wildman–Crippen LogP) is 1.38. The smallest absolute Gasteiger partial charge is 0.0267 e. The van der Waals surface area contributed by atoms with Crippen LogP contribution >= 0.6 is 0 Å². The number of rotatable bonds is 0. The van der Waals surface area contributed by atoms with Crippen LogP contribution in [0.25, 0.3) is 0 Å². The van der Waals surface area contributed by atoms with Gasteiger partial charge in [0, 0.05) is 12.4 Å². The van der Waals surface area contributed by atoms with E-state index >= 15 is 0 Å². The zero-order valence-electron chi connectivity index (χ0n) is 4.19. The maximum atomic E-state index is 5.50. The molecule has 1 heterocycles. The fraction of sp³-hybridized carbons (Fsp3) is 0. The third kappa shape index (κ3) is 3.65. The van der Waals surface area contributed by atoms with Gasteiger partial charge in [0.25, 0.3) is 0 Å². The van der Waals surface area contributed by atoms with Crippen molar-refractivity contribution in [3.63, 3.8) is 0 Å². The van der Waals surface area contributed by atoms with Crippen molar-refractivity contribution >= 4 is 0 Å². The molecular weight excluding hydrogens is 144 g/mol. The van der Waals surface area contributed by atoms with Crippen LogP contribution in [0.4, 0.5) is 0 Å². The molecule has 0 bridgehead atoms. The molecule has 1 aromatic heterocycles. The molecule has 44 valence electrons. The summed E-state index contributed by atoms with van der Waals surface area (Å²) in [5.74, 6) is 0. The monoisotopic (exact) mass is 150 g/mol. The number of hydrogen-bond acceptors (Lipinski definition) is 2. The van der Waals surface area contributed by atoms with Crippen LogP contribution in [0.15, 0.2) is 30.6 Å². The standard InChI is InChI=1S/C5H5N.Fe.HN/c1-2-4-6-5-3-1;;/h1-5H;;1H. The van der Waals surface area contributed by atoms with E-state index in [1.54, 1.807) is 12.4 Å². The van der Waals surface area contributed by atoms with Crippen LogP contribution in [-0.2, 0) is 15.8 Å². The van der Waals surface area contributed by atoms with E-state index in [1.807, 2.05) is 18.2 Å². The first-order valence-corrected chi connectivity index (χ1v) is 2.58. The van der Waals surface area contributed by atoms with Gasteiger partial charge in [-0.3, -0.25) is 4.98 Å². The quantitative estimate of drug-likeness (QED) is 0.557. The molecule has 2 nitrogen and oxygen atoms in total. The minimum Gasteiger partial charge on any atom is -0.265 e. The first-order valence-electron chi connectivity index (χ1n) is 2.03. The normalized spacial score (nSPS) is 6.62. The van der Waals surface area contributed by atoms with Crippen LogP contribution in [0.5, 0.6) is 0 Å². The Morgan fingerprint density at radius 1 is 1.00 bits per heavy atom. The van der Waals surface area contributed by atoms with Crippen molar-refractivity contribution in [3.05, 3.63) is 30.6 Å². The van der Waals surface area contributed by atoms with Crippen LogP contribution < -0.4 is 0 Å². The van der Waals surface area contributed by atoms with E-state index in [9.17, 15) is 0 Å². The molecule has 1 aromatic rings. The molecule has 0 aromatic carbocycles. The summed E-state index contributed by atoms with van der Waals surface area (Å²) >= 11 is 2.50. The average Bonchev–Trinajstić information content (AvgIpc) is 1.96. The van der Waals surface area contributed by atoms with Crippen molar-refractivity contribution in [2.45, 2.75) is 0 Å². The summed E-state index contributed by atoms with van der Waals surface area (Å²) in [5.41, 5.74) is 0. The Morgan fingerprint density at radius 3 is 1.62 bits per heavy atom. The van der Waals surface area contributed by atoms with Crippen molar-refractivity contribution in [1.82, 2.24) is 4.98 Å². The Bertz CT molecular complexity index is 93.3. The molecule has 0 radical (unpaired) electrons. The van der Waals surface area contributed by atoms with Gasteiger partial charge in [-0.15, -0.1) is 0 Å². The summed E-state index contributed by atoms with van der Waals surface area (Å²) in [6, 6.07) is 5.72. The first kappa shape index (κ1) is 7.47. The molecule has 0 saturated heterocycles. The molecule has 0 amide bonds. The van der Waals surface area contributed by atoms with Gasteiger partial charge < -0.3 is 0 Å². The van der Waals surface area contributed by atoms with Crippen LogP contribution in [0.1, 0.15) is 0 Å². The van der Waals surface area contributed by atoms with E-state index < -0.39 is 0 Å². The molecule has 0 atom stereocenters. The number of aromatic nitrogens is 1. The fourth-order valence-electron chi connectivity index (χ4n) is 0.313. The van der Waals surface area contributed by atoms with E-state index in [-0.39, 0.29) is 0 Å². The van der Waals surface area contributed by atoms with Crippen LogP contribution in [0.2, 0.25) is 0 Å². The Balaban J connectivity index is 0.000000222. The molecule has 0 unspecified atom stereocenters. The van der Waals surface area contributed by atoms with Gasteiger partial charge in [-0.05, 0) is 12.1 Å². The van der Waals surface area contributed by atoms with Gasteiger partial charge in [-0.25, -0.2) is 0 Å². The summed E-state index contributed by atoms with van der Waals surface area (Å²) in [6.07, 6.45) is 3.50. The molecule has 1 N–H and O–H groups in total. The largest absolute Gasteiger partial charge is 0.265 e. The van der Waals surface area contributed by atoms with Gasteiger partial charge in [0.05, 0.1) is 0 Å². The first-order chi connectivity index (χ1) is 4.00. The van der Waals surface area contributed by atoms with E-state index in [1.165, 1.54) is 0 Å². The maximum Gasteiger partial charge on any atom is 0.0267 e. The number of nitrogens with zero attached hydrogens (tertiary/aromatic N) is 1. The predicted molar refractivity (Wildman–Crippen MR) is 27.0 cm³/mol. The molecule has 0 spiro atoms. The van der Waals surface area contributed by atoms with Crippen LogP contribution in [0.3, 0.4) is 0 Å². The fourth-order valence-corrected chi connectivity index (χ4v) is 0.313. The SMILES string of the molecule is [NH]=[Fe].c1ccncc1. The number of nitrogens with one attached hydrogen (secondary N) is 1. The molecule has 0 fully saturated rings. The Hall–Kier alpha value is -0.531. The van der Waals surface area contributed by atoms with Gasteiger partial charge in [0.15, 0.2) is 0 Å². The zero-order chi connectivity index (χ0) is 6.24. The Kier molecular flexibility index (Phi) is 6.04. The van der Waals surface area contributed by atoms with Crippen molar-refractivity contribution in [2.75, 3.05) is 0 Å². The van der Waals surface area contributed by atoms with Gasteiger partial charge in [-0.2, -0.15) is 0 Å². The molecule has 0 saturated carbocycles. The average molecular weight is 150 g/mol. The topological polar surface area (TPSA) is 36.7 Å². The van der Waals surface area contributed by atoms with Gasteiger partial charge in [0.2, 0.25) is 0 Å². The van der Waals surface area contributed by atoms with Crippen molar-refractivity contribution in [2.24, 2.45) is 0 Å². The van der Waals surface area contributed by atoms with E-state index in [0.29, 0.717) is 0 Å². The zero-order valence-corrected chi connectivity index (χ0v) is 5.29. The second kappa shape index (κ2) is 6.47. The van der Waals surface area contributed by atoms with E-state index in [0.717, 1.165) is 0 Å². The van der Waals surface area contributed by atoms with Crippen molar-refractivity contribution < 1.29 is 15.8 Å². The maximum absolute atomic E-state index is 5.50. The Morgan fingerprint density at radius 2 is 1.50 bits per heavy atom. The molecule has 3 heteroatoms. The molecule has 0 aliphatic carbocycles. The summed E-state index contributed by atoms with van der Waals surface area (Å²) < 4.78 is 5.50. The van der Waals surface area contributed by atoms with Crippen LogP contribution in [-0.4, -0.2) is 4.98 Å². The molecule has 1 rings (SSSR count). The number of pyridine rings is 1.